The van der Waals surface area contributed by atoms with Crippen molar-refractivity contribution >= 4 is 25.6 Å². The molecular formula is C22H28N4O6P+. The van der Waals surface area contributed by atoms with Gasteiger partial charge in [-0.15, -0.1) is 4.52 Å². The maximum absolute atomic E-state index is 12.5. The molecule has 0 aliphatic heterocycles. The number of nitrogens with two attached hydrogens (primary N) is 1. The van der Waals surface area contributed by atoms with Crippen LogP contribution in [0.1, 0.15) is 26.5 Å². The fraction of sp³-hybridized carbons (Fsp3) is 0.409. The van der Waals surface area contributed by atoms with E-state index in [2.05, 4.69) is 10.1 Å². The molecule has 1 aromatic carbocycles. The van der Waals surface area contributed by atoms with Crippen LogP contribution in [0.4, 0.5) is 5.82 Å². The van der Waals surface area contributed by atoms with Gasteiger partial charge in [0.25, 0.3) is 0 Å². The summed E-state index contributed by atoms with van der Waals surface area (Å²) in [6, 6.07) is 12.3. The lowest BCUT2D eigenvalue weighted by atomic mass is 9.95. The predicted molar refractivity (Wildman–Crippen MR) is 122 cm³/mol. The van der Waals surface area contributed by atoms with Gasteiger partial charge < -0.3 is 15.2 Å². The van der Waals surface area contributed by atoms with Gasteiger partial charge in [0.1, 0.15) is 30.2 Å². The van der Waals surface area contributed by atoms with Gasteiger partial charge in [0.05, 0.1) is 5.92 Å². The first-order valence-corrected chi connectivity index (χ1v) is 11.5. The first-order chi connectivity index (χ1) is 15.7. The highest BCUT2D eigenvalue weighted by Gasteiger charge is 2.42. The lowest BCUT2D eigenvalue weighted by molar-refractivity contribution is -0.175. The number of benzene rings is 1. The van der Waals surface area contributed by atoms with Crippen molar-refractivity contribution in [2.24, 2.45) is 5.92 Å². The van der Waals surface area contributed by atoms with E-state index in [1.807, 2.05) is 12.1 Å². The summed E-state index contributed by atoms with van der Waals surface area (Å²) in [4.78, 5) is 16.5. The average Bonchev–Trinajstić information content (AvgIpc) is 3.21. The van der Waals surface area contributed by atoms with Crippen molar-refractivity contribution in [1.29, 1.82) is 0 Å². The minimum atomic E-state index is -2.48. The van der Waals surface area contributed by atoms with Crippen LogP contribution in [0.2, 0.25) is 0 Å². The van der Waals surface area contributed by atoms with E-state index in [1.165, 1.54) is 13.4 Å². The molecule has 3 atom stereocenters. The Balaban J connectivity index is 1.81. The number of methoxy groups -OCH3 is 1. The second-order valence-electron chi connectivity index (χ2n) is 7.97. The Hall–Kier alpha value is -3.07. The standard InChI is InChI=1S/C22H28N4O6P/c1-15(2)21(27)31-19(12-16-10-11-18-20(23)24-14-25-26(16)18)22(3,29-4)13-30-33(28)32-17-8-6-5-7-9-17/h5-11,14-15,19H,12-13H2,1-4H3,(H2,23,24,25)/q+1/t19-,22+/m0/s1. The van der Waals surface area contributed by atoms with E-state index in [-0.39, 0.29) is 18.9 Å². The number of ether oxygens (including phenoxy) is 2. The SMILES string of the molecule is CO[C@](C)(CO[P+](=O)Oc1ccccc1)[C@H](Cc1ccc2c(N)ncnn12)OC(=O)C(C)C. The average molecular weight is 475 g/mol. The summed E-state index contributed by atoms with van der Waals surface area (Å²) in [5, 5.41) is 4.24. The third-order valence-electron chi connectivity index (χ3n) is 5.21. The molecule has 0 radical (unpaired) electrons. The van der Waals surface area contributed by atoms with Gasteiger partial charge in [-0.1, -0.05) is 32.0 Å². The third kappa shape index (κ3) is 6.04. The van der Waals surface area contributed by atoms with Crippen LogP contribution >= 0.6 is 8.25 Å². The molecule has 1 unspecified atom stereocenters. The Bertz CT molecular complexity index is 1110. The number of hydrogen-bond donors (Lipinski definition) is 1. The Morgan fingerprint density at radius 2 is 1.94 bits per heavy atom. The van der Waals surface area contributed by atoms with Crippen molar-refractivity contribution < 1.29 is 27.9 Å². The minimum Gasteiger partial charge on any atom is -0.459 e. The molecule has 2 N–H and O–H groups in total. The molecule has 0 saturated heterocycles. The lowest BCUT2D eigenvalue weighted by Crippen LogP contribution is -2.49. The fourth-order valence-corrected chi connectivity index (χ4v) is 3.78. The lowest BCUT2D eigenvalue weighted by Gasteiger charge is -2.34. The van der Waals surface area contributed by atoms with Crippen LogP contribution < -0.4 is 10.3 Å². The van der Waals surface area contributed by atoms with Crippen LogP contribution in [0.15, 0.2) is 48.8 Å². The molecule has 33 heavy (non-hydrogen) atoms. The highest BCUT2D eigenvalue weighted by Crippen LogP contribution is 2.32. The van der Waals surface area contributed by atoms with Gasteiger partial charge in [0, 0.05) is 23.8 Å². The summed E-state index contributed by atoms with van der Waals surface area (Å²) < 4.78 is 36.3. The molecule has 176 valence electrons. The number of nitrogens with zero attached hydrogens (tertiary/aromatic N) is 3. The van der Waals surface area contributed by atoms with E-state index in [0.29, 0.717) is 17.1 Å². The molecular weight excluding hydrogens is 447 g/mol. The van der Waals surface area contributed by atoms with Crippen LogP contribution in [-0.4, -0.2) is 46.0 Å². The number of carbonyl (C=O) groups excluding carboxylic acids is 1. The molecule has 0 amide bonds. The molecule has 0 saturated carbocycles. The number of rotatable bonds is 11. The molecule has 3 rings (SSSR count). The fourth-order valence-electron chi connectivity index (χ4n) is 3.07. The van der Waals surface area contributed by atoms with E-state index >= 15 is 0 Å². The van der Waals surface area contributed by atoms with Gasteiger partial charge >= 0.3 is 14.2 Å². The molecule has 2 heterocycles. The zero-order chi connectivity index (χ0) is 24.0. The first-order valence-electron chi connectivity index (χ1n) is 10.4. The highest BCUT2D eigenvalue weighted by atomic mass is 31.1. The molecule has 0 spiro atoms. The number of fused-ring (bicyclic) bond motifs is 1. The van der Waals surface area contributed by atoms with Crippen molar-refractivity contribution in [3.8, 4) is 5.75 Å². The van der Waals surface area contributed by atoms with Gasteiger partial charge in [-0.2, -0.15) is 5.10 Å². The smallest absolute Gasteiger partial charge is 0.459 e. The zero-order valence-electron chi connectivity index (χ0n) is 19.0. The van der Waals surface area contributed by atoms with Gasteiger partial charge in [-0.3, -0.25) is 4.79 Å². The van der Waals surface area contributed by atoms with Crippen molar-refractivity contribution in [2.75, 3.05) is 19.5 Å². The van der Waals surface area contributed by atoms with Gasteiger partial charge in [-0.05, 0) is 31.2 Å². The number of carbonyl (C=O) groups is 1. The van der Waals surface area contributed by atoms with Crippen LogP contribution in [-0.2, 0) is 29.8 Å². The summed E-state index contributed by atoms with van der Waals surface area (Å²) in [7, 11) is -1.01. The normalized spacial score (nSPS) is 14.6. The Kier molecular flexibility index (Phi) is 7.97. The maximum Gasteiger partial charge on any atom is 0.750 e. The number of esters is 1. The van der Waals surface area contributed by atoms with Gasteiger partial charge in [0.2, 0.25) is 0 Å². The number of hydrogen-bond acceptors (Lipinski definition) is 9. The minimum absolute atomic E-state index is 0.151. The Labute approximate surface area is 192 Å². The first kappa shape index (κ1) is 24.6. The molecule has 3 aromatic rings. The van der Waals surface area contributed by atoms with Crippen molar-refractivity contribution in [3.05, 3.63) is 54.5 Å². The van der Waals surface area contributed by atoms with E-state index in [0.717, 1.165) is 5.69 Å². The quantitative estimate of drug-likeness (QED) is 0.327. The second-order valence-corrected chi connectivity index (χ2v) is 8.86. The third-order valence-corrected chi connectivity index (χ3v) is 5.91. The van der Waals surface area contributed by atoms with Crippen LogP contribution in [0.3, 0.4) is 0 Å². The summed E-state index contributed by atoms with van der Waals surface area (Å²) in [5.41, 5.74) is 6.15. The number of nitrogen functional groups attached to an aromatic ring is 1. The summed E-state index contributed by atoms with van der Waals surface area (Å²) in [5.74, 6) is -0.00453. The van der Waals surface area contributed by atoms with E-state index in [1.54, 1.807) is 55.6 Å². The number of anilines is 1. The van der Waals surface area contributed by atoms with Crippen LogP contribution in [0, 0.1) is 5.92 Å². The Morgan fingerprint density at radius 3 is 2.61 bits per heavy atom. The number of aromatic nitrogens is 3. The second kappa shape index (κ2) is 10.7. The molecule has 0 aliphatic carbocycles. The summed E-state index contributed by atoms with van der Waals surface area (Å²) in [6.07, 6.45) is 0.810. The monoisotopic (exact) mass is 475 g/mol. The molecule has 10 nitrogen and oxygen atoms in total. The largest absolute Gasteiger partial charge is 0.750 e. The summed E-state index contributed by atoms with van der Waals surface area (Å²) in [6.45, 7) is 5.05. The predicted octanol–water partition coefficient (Wildman–Crippen LogP) is 3.58. The Morgan fingerprint density at radius 1 is 1.21 bits per heavy atom. The maximum atomic E-state index is 12.5. The van der Waals surface area contributed by atoms with Crippen LogP contribution in [0.25, 0.3) is 5.52 Å². The van der Waals surface area contributed by atoms with E-state index < -0.39 is 25.9 Å². The summed E-state index contributed by atoms with van der Waals surface area (Å²) >= 11 is 0. The van der Waals surface area contributed by atoms with Gasteiger partial charge in [0.15, 0.2) is 11.6 Å². The van der Waals surface area contributed by atoms with E-state index in [9.17, 15) is 9.36 Å². The van der Waals surface area contributed by atoms with Crippen molar-refractivity contribution in [1.82, 2.24) is 14.6 Å². The molecule has 0 fully saturated rings. The van der Waals surface area contributed by atoms with Crippen molar-refractivity contribution in [3.63, 3.8) is 0 Å². The topological polar surface area (TPSA) is 127 Å². The van der Waals surface area contributed by atoms with Gasteiger partial charge in [-0.25, -0.2) is 14.0 Å². The molecule has 11 heteroatoms. The number of para-hydroxylation sites is 1. The van der Waals surface area contributed by atoms with Crippen molar-refractivity contribution in [2.45, 2.75) is 38.9 Å². The highest BCUT2D eigenvalue weighted by molar-refractivity contribution is 7.33. The molecule has 2 aromatic heterocycles. The zero-order valence-corrected chi connectivity index (χ0v) is 19.9. The van der Waals surface area contributed by atoms with Crippen LogP contribution in [0.5, 0.6) is 5.75 Å². The van der Waals surface area contributed by atoms with E-state index in [4.69, 9.17) is 24.3 Å². The molecule has 0 aliphatic rings. The molecule has 0 bridgehead atoms.